The Morgan fingerprint density at radius 3 is 2.03 bits per heavy atom. The van der Waals surface area contributed by atoms with Gasteiger partial charge in [0.05, 0.1) is 22.9 Å². The molecule has 0 saturated heterocycles. The Kier molecular flexibility index (Phi) is 13.0. The third-order valence-electron chi connectivity index (χ3n) is 4.61. The summed E-state index contributed by atoms with van der Waals surface area (Å²) in [5.74, 6) is 0.390. The minimum Gasteiger partial charge on any atom is -0.744 e. The Labute approximate surface area is 207 Å². The summed E-state index contributed by atoms with van der Waals surface area (Å²) in [6.07, 6.45) is 9.64. The second kappa shape index (κ2) is 14.6. The van der Waals surface area contributed by atoms with Gasteiger partial charge in [-0.1, -0.05) is 51.9 Å². The van der Waals surface area contributed by atoms with Crippen LogP contribution in [-0.2, 0) is 10.1 Å². The van der Waals surface area contributed by atoms with Crippen molar-refractivity contribution in [2.75, 3.05) is 6.61 Å². The minimum absolute atomic E-state index is 0. The smallest absolute Gasteiger partial charge is 0.744 e. The fourth-order valence-corrected chi connectivity index (χ4v) is 3.36. The van der Waals surface area contributed by atoms with Gasteiger partial charge in [0, 0.05) is 6.07 Å². The van der Waals surface area contributed by atoms with Crippen molar-refractivity contribution in [3.05, 3.63) is 42.5 Å². The normalized spacial score (nSPS) is 11.4. The average molecular weight is 457 g/mol. The van der Waals surface area contributed by atoms with Crippen LogP contribution in [0.1, 0.15) is 58.3 Å². The second-order valence-electron chi connectivity index (χ2n) is 7.12. The molecule has 0 radical (unpaired) electrons. The van der Waals surface area contributed by atoms with E-state index in [1.807, 2.05) is 0 Å². The molecule has 0 aliphatic rings. The van der Waals surface area contributed by atoms with E-state index >= 15 is 0 Å². The van der Waals surface area contributed by atoms with Crippen LogP contribution < -0.4 is 34.3 Å². The Morgan fingerprint density at radius 2 is 1.42 bits per heavy atom. The second-order valence-corrected chi connectivity index (χ2v) is 8.50. The van der Waals surface area contributed by atoms with Gasteiger partial charge in [-0.15, -0.1) is 0 Å². The number of azo groups is 1. The third kappa shape index (κ3) is 10.6. The van der Waals surface area contributed by atoms with Crippen LogP contribution in [0.15, 0.2) is 57.6 Å². The topological polar surface area (TPSA) is 111 Å². The molecule has 164 valence electrons. The van der Waals surface area contributed by atoms with E-state index in [9.17, 15) is 18.1 Å². The molecule has 2 aromatic rings. The van der Waals surface area contributed by atoms with E-state index in [0.29, 0.717) is 23.7 Å². The van der Waals surface area contributed by atoms with E-state index in [1.54, 1.807) is 12.1 Å². The summed E-state index contributed by atoms with van der Waals surface area (Å²) in [5.41, 5.74) is 0.885. The first-order valence-electron chi connectivity index (χ1n) is 10.3. The van der Waals surface area contributed by atoms with Crippen LogP contribution in [-0.4, -0.2) is 24.7 Å². The van der Waals surface area contributed by atoms with Crippen LogP contribution in [0.25, 0.3) is 0 Å². The molecule has 31 heavy (non-hydrogen) atoms. The molecule has 0 unspecified atom stereocenters. The molecule has 0 fully saturated rings. The van der Waals surface area contributed by atoms with Gasteiger partial charge in [0.15, 0.2) is 11.5 Å². The summed E-state index contributed by atoms with van der Waals surface area (Å²) in [5, 5.41) is 18.0. The van der Waals surface area contributed by atoms with Gasteiger partial charge in [0.2, 0.25) is 0 Å². The Bertz CT molecular complexity index is 918. The fraction of sp³-hybridized carbons (Fsp3) is 0.455. The maximum absolute atomic E-state index is 10.9. The van der Waals surface area contributed by atoms with Crippen LogP contribution in [0.3, 0.4) is 0 Å². The maximum Gasteiger partial charge on any atom is 1.00 e. The first-order valence-corrected chi connectivity index (χ1v) is 11.7. The number of aromatic hydroxyl groups is 1. The average Bonchev–Trinajstić information content (AvgIpc) is 2.72. The van der Waals surface area contributed by atoms with E-state index in [-0.39, 0.29) is 40.2 Å². The molecule has 0 aliphatic carbocycles. The molecule has 0 aliphatic heterocycles. The van der Waals surface area contributed by atoms with Crippen molar-refractivity contribution in [1.82, 2.24) is 0 Å². The first-order chi connectivity index (χ1) is 14.4. The monoisotopic (exact) mass is 456 g/mol. The molecule has 2 rings (SSSR count). The zero-order valence-corrected chi connectivity index (χ0v) is 21.1. The van der Waals surface area contributed by atoms with Crippen LogP contribution >= 0.6 is 0 Å². The van der Waals surface area contributed by atoms with Gasteiger partial charge >= 0.3 is 29.6 Å². The Balaban J connectivity index is 0.00000480. The van der Waals surface area contributed by atoms with Gasteiger partial charge < -0.3 is 14.4 Å². The largest absolute Gasteiger partial charge is 1.00 e. The molecule has 1 N–H and O–H groups in total. The molecular weight excluding hydrogens is 427 g/mol. The molecule has 0 saturated carbocycles. The zero-order valence-electron chi connectivity index (χ0n) is 18.3. The number of rotatable bonds is 13. The van der Waals surface area contributed by atoms with Gasteiger partial charge in [-0.05, 0) is 42.8 Å². The predicted molar refractivity (Wildman–Crippen MR) is 115 cm³/mol. The first kappa shape index (κ1) is 27.6. The van der Waals surface area contributed by atoms with Crippen molar-refractivity contribution in [2.24, 2.45) is 10.2 Å². The number of phenols is 1. The molecule has 0 atom stereocenters. The Hall–Kier alpha value is -1.45. The SMILES string of the molecule is CCCCCCCCCCOc1cc(N=Nc2ccc(S(=O)(=O)[O-])cc2)ccc1O.[Na+]. The van der Waals surface area contributed by atoms with Crippen molar-refractivity contribution in [1.29, 1.82) is 0 Å². The molecule has 7 nitrogen and oxygen atoms in total. The third-order valence-corrected chi connectivity index (χ3v) is 5.45. The quantitative estimate of drug-likeness (QED) is 0.215. The summed E-state index contributed by atoms with van der Waals surface area (Å²) < 4.78 is 38.5. The van der Waals surface area contributed by atoms with Gasteiger partial charge in [0.1, 0.15) is 10.1 Å². The fourth-order valence-electron chi connectivity index (χ4n) is 2.89. The van der Waals surface area contributed by atoms with E-state index in [0.717, 1.165) is 12.8 Å². The number of hydrogen-bond donors (Lipinski definition) is 1. The Morgan fingerprint density at radius 1 is 0.871 bits per heavy atom. The van der Waals surface area contributed by atoms with Gasteiger partial charge in [-0.25, -0.2) is 8.42 Å². The minimum atomic E-state index is -4.48. The number of hydrogen-bond acceptors (Lipinski definition) is 7. The van der Waals surface area contributed by atoms with Crippen LogP contribution in [0.2, 0.25) is 0 Å². The van der Waals surface area contributed by atoms with Gasteiger partial charge in [-0.3, -0.25) is 0 Å². The van der Waals surface area contributed by atoms with Crippen molar-refractivity contribution in [3.63, 3.8) is 0 Å². The summed E-state index contributed by atoms with van der Waals surface area (Å²) in [7, 11) is -4.48. The molecule has 0 spiro atoms. The molecule has 0 aromatic heterocycles. The van der Waals surface area contributed by atoms with Crippen molar-refractivity contribution in [2.45, 2.75) is 63.2 Å². The summed E-state index contributed by atoms with van der Waals surface area (Å²) in [6, 6.07) is 9.85. The van der Waals surface area contributed by atoms with Gasteiger partial charge in [-0.2, -0.15) is 10.2 Å². The summed E-state index contributed by atoms with van der Waals surface area (Å²) >= 11 is 0. The molecule has 0 heterocycles. The van der Waals surface area contributed by atoms with Crippen LogP contribution in [0.4, 0.5) is 11.4 Å². The number of phenolic OH excluding ortho intramolecular Hbond substituents is 1. The number of unbranched alkanes of at least 4 members (excludes halogenated alkanes) is 7. The van der Waals surface area contributed by atoms with Gasteiger partial charge in [0.25, 0.3) is 0 Å². The number of nitrogens with zero attached hydrogens (tertiary/aromatic N) is 2. The van der Waals surface area contributed by atoms with Crippen LogP contribution in [0.5, 0.6) is 11.5 Å². The molecule has 2 aromatic carbocycles. The van der Waals surface area contributed by atoms with E-state index < -0.39 is 10.1 Å². The van der Waals surface area contributed by atoms with E-state index in [1.165, 1.54) is 68.9 Å². The van der Waals surface area contributed by atoms with Crippen molar-refractivity contribution < 1.29 is 52.4 Å². The summed E-state index contributed by atoms with van der Waals surface area (Å²) in [6.45, 7) is 2.74. The van der Waals surface area contributed by atoms with E-state index in [4.69, 9.17) is 4.74 Å². The molecule has 0 amide bonds. The number of ether oxygens (including phenoxy) is 1. The zero-order chi connectivity index (χ0) is 21.8. The maximum atomic E-state index is 10.9. The van der Waals surface area contributed by atoms with E-state index in [2.05, 4.69) is 17.2 Å². The van der Waals surface area contributed by atoms with Crippen molar-refractivity contribution in [3.8, 4) is 11.5 Å². The standard InChI is InChI=1S/C22H30N2O5S.Na/c1-2-3-4-5-6-7-8-9-16-29-22-17-19(12-15-21(22)25)24-23-18-10-13-20(14-11-18)30(26,27)28;/h10-15,17,25H,2-9,16H2,1H3,(H,26,27,28);/q;+1/p-1. The molecular formula is C22H29N2NaO5S. The predicted octanol–water partition coefficient (Wildman–Crippen LogP) is 3.24. The summed E-state index contributed by atoms with van der Waals surface area (Å²) in [4.78, 5) is -0.317. The molecule has 0 bridgehead atoms. The molecule has 9 heteroatoms. The van der Waals surface area contributed by atoms with Crippen LogP contribution in [0, 0.1) is 0 Å². The van der Waals surface area contributed by atoms with Crippen molar-refractivity contribution >= 4 is 21.5 Å². The number of benzene rings is 2.